The number of ether oxygens (including phenoxy) is 1. The molecule has 0 spiro atoms. The molecule has 0 aliphatic rings. The minimum absolute atomic E-state index is 0.0927. The van der Waals surface area contributed by atoms with E-state index in [9.17, 15) is 4.79 Å². The van der Waals surface area contributed by atoms with E-state index in [0.717, 1.165) is 25.8 Å². The highest BCUT2D eigenvalue weighted by Gasteiger charge is 2.03. The maximum Gasteiger partial charge on any atom is 0.305 e. The molecule has 1 aromatic rings. The van der Waals surface area contributed by atoms with Gasteiger partial charge in [0.2, 0.25) is 0 Å². The van der Waals surface area contributed by atoms with E-state index in [-0.39, 0.29) is 5.97 Å². The second-order valence-electron chi connectivity index (χ2n) is 3.99. The second kappa shape index (κ2) is 7.90. The fraction of sp³-hybridized carbons (Fsp3) is 0.615. The Morgan fingerprint density at radius 3 is 3.00 bits per heavy atom. The van der Waals surface area contributed by atoms with Gasteiger partial charge < -0.3 is 15.0 Å². The molecular weight excluding hydrogens is 216 g/mol. The number of hydrogen-bond acceptors (Lipinski definition) is 3. The molecule has 1 aromatic heterocycles. The molecule has 0 atom stereocenters. The smallest absolute Gasteiger partial charge is 0.305 e. The molecule has 0 radical (unpaired) electrons. The largest absolute Gasteiger partial charge is 0.466 e. The first-order chi connectivity index (χ1) is 8.27. The second-order valence-corrected chi connectivity index (χ2v) is 3.99. The zero-order valence-corrected chi connectivity index (χ0v) is 10.5. The first-order valence-corrected chi connectivity index (χ1v) is 6.27. The van der Waals surface area contributed by atoms with Gasteiger partial charge in [-0.2, -0.15) is 0 Å². The first kappa shape index (κ1) is 13.8. The minimum atomic E-state index is -0.0927. The third kappa shape index (κ3) is 5.04. The van der Waals surface area contributed by atoms with Crippen LogP contribution in [0.2, 0.25) is 0 Å². The molecule has 0 unspecified atom stereocenters. The van der Waals surface area contributed by atoms with Crippen molar-refractivity contribution in [2.45, 2.75) is 39.2 Å². The van der Waals surface area contributed by atoms with Gasteiger partial charge in [0.15, 0.2) is 0 Å². The van der Waals surface area contributed by atoms with Gasteiger partial charge in [-0.3, -0.25) is 4.79 Å². The minimum Gasteiger partial charge on any atom is -0.466 e. The van der Waals surface area contributed by atoms with E-state index < -0.39 is 0 Å². The number of aromatic nitrogens is 1. The van der Waals surface area contributed by atoms with E-state index in [1.807, 2.05) is 19.2 Å². The lowest BCUT2D eigenvalue weighted by Gasteiger charge is -2.07. The molecule has 0 aliphatic carbocycles. The van der Waals surface area contributed by atoms with Crippen molar-refractivity contribution in [2.75, 3.05) is 13.2 Å². The Morgan fingerprint density at radius 2 is 2.29 bits per heavy atom. The first-order valence-electron chi connectivity index (χ1n) is 6.27. The Balaban J connectivity index is 2.21. The zero-order valence-electron chi connectivity index (χ0n) is 10.5. The predicted molar refractivity (Wildman–Crippen MR) is 67.7 cm³/mol. The molecule has 0 fully saturated rings. The summed E-state index contributed by atoms with van der Waals surface area (Å²) in [5.41, 5.74) is 6.83. The van der Waals surface area contributed by atoms with Crippen LogP contribution >= 0.6 is 0 Å². The summed E-state index contributed by atoms with van der Waals surface area (Å²) < 4.78 is 7.05. The molecule has 0 saturated carbocycles. The van der Waals surface area contributed by atoms with Crippen molar-refractivity contribution in [1.82, 2.24) is 4.57 Å². The Morgan fingerprint density at radius 1 is 1.47 bits per heavy atom. The Hall–Kier alpha value is -1.29. The maximum absolute atomic E-state index is 11.1. The highest BCUT2D eigenvalue weighted by atomic mass is 16.5. The van der Waals surface area contributed by atoms with Crippen LogP contribution in [0.3, 0.4) is 0 Å². The number of carbonyl (C=O) groups excluding carboxylic acids is 1. The molecule has 4 nitrogen and oxygen atoms in total. The Bertz CT molecular complexity index is 334. The van der Waals surface area contributed by atoms with Gasteiger partial charge in [0.05, 0.1) is 6.61 Å². The summed E-state index contributed by atoms with van der Waals surface area (Å²) in [6.07, 6.45) is 5.45. The molecular formula is C13H22N2O2. The summed E-state index contributed by atoms with van der Waals surface area (Å²) in [6.45, 7) is 3.82. The lowest BCUT2D eigenvalue weighted by Crippen LogP contribution is -2.11. The summed E-state index contributed by atoms with van der Waals surface area (Å²) in [6, 6.07) is 4.15. The van der Waals surface area contributed by atoms with Crippen molar-refractivity contribution < 1.29 is 9.53 Å². The maximum atomic E-state index is 11.1. The normalized spacial score (nSPS) is 10.5. The fourth-order valence-electron chi connectivity index (χ4n) is 1.84. The topological polar surface area (TPSA) is 57.2 Å². The van der Waals surface area contributed by atoms with Crippen LogP contribution in [0.1, 0.15) is 31.9 Å². The Kier molecular flexibility index (Phi) is 6.40. The van der Waals surface area contributed by atoms with Crippen molar-refractivity contribution in [1.29, 1.82) is 0 Å². The van der Waals surface area contributed by atoms with Gasteiger partial charge in [-0.05, 0) is 38.3 Å². The van der Waals surface area contributed by atoms with Crippen LogP contribution in [-0.4, -0.2) is 23.7 Å². The number of carbonyl (C=O) groups is 1. The van der Waals surface area contributed by atoms with Gasteiger partial charge >= 0.3 is 5.97 Å². The summed E-state index contributed by atoms with van der Waals surface area (Å²) in [4.78, 5) is 11.1. The van der Waals surface area contributed by atoms with Crippen LogP contribution < -0.4 is 5.73 Å². The predicted octanol–water partition coefficient (Wildman–Crippen LogP) is 1.72. The number of esters is 1. The standard InChI is InChI=1S/C13H22N2O2/c1-2-17-13(16)8-4-3-6-12-7-5-10-15(12)11-9-14/h5,7,10H,2-4,6,8-9,11,14H2,1H3. The summed E-state index contributed by atoms with van der Waals surface area (Å²) in [5, 5.41) is 0. The number of rotatable bonds is 8. The van der Waals surface area contributed by atoms with Gasteiger partial charge in [-0.1, -0.05) is 0 Å². The van der Waals surface area contributed by atoms with Crippen LogP contribution in [0.25, 0.3) is 0 Å². The third-order valence-electron chi connectivity index (χ3n) is 2.66. The highest BCUT2D eigenvalue weighted by molar-refractivity contribution is 5.69. The molecule has 96 valence electrons. The zero-order chi connectivity index (χ0) is 12.5. The number of hydrogen-bond donors (Lipinski definition) is 1. The monoisotopic (exact) mass is 238 g/mol. The van der Waals surface area contributed by atoms with Crippen molar-refractivity contribution in [3.05, 3.63) is 24.0 Å². The molecule has 4 heteroatoms. The van der Waals surface area contributed by atoms with E-state index in [1.54, 1.807) is 0 Å². The van der Waals surface area contributed by atoms with E-state index in [1.165, 1.54) is 5.69 Å². The molecule has 17 heavy (non-hydrogen) atoms. The quantitative estimate of drug-likeness (QED) is 0.554. The van der Waals surface area contributed by atoms with Gasteiger partial charge in [0.25, 0.3) is 0 Å². The van der Waals surface area contributed by atoms with E-state index in [0.29, 0.717) is 19.6 Å². The summed E-state index contributed by atoms with van der Waals surface area (Å²) >= 11 is 0. The highest BCUT2D eigenvalue weighted by Crippen LogP contribution is 2.08. The lowest BCUT2D eigenvalue weighted by atomic mass is 10.1. The lowest BCUT2D eigenvalue weighted by molar-refractivity contribution is -0.143. The summed E-state index contributed by atoms with van der Waals surface area (Å²) in [7, 11) is 0. The van der Waals surface area contributed by atoms with Gasteiger partial charge in [-0.25, -0.2) is 0 Å². The molecule has 0 aliphatic heterocycles. The number of nitrogens with two attached hydrogens (primary N) is 1. The van der Waals surface area contributed by atoms with Crippen LogP contribution in [-0.2, 0) is 22.5 Å². The van der Waals surface area contributed by atoms with Gasteiger partial charge in [0.1, 0.15) is 0 Å². The van der Waals surface area contributed by atoms with Crippen LogP contribution in [0, 0.1) is 0 Å². The number of aryl methyl sites for hydroxylation is 1. The van der Waals surface area contributed by atoms with E-state index in [4.69, 9.17) is 10.5 Å². The molecule has 2 N–H and O–H groups in total. The average Bonchev–Trinajstić information content (AvgIpc) is 2.73. The van der Waals surface area contributed by atoms with E-state index >= 15 is 0 Å². The van der Waals surface area contributed by atoms with Crippen LogP contribution in [0.4, 0.5) is 0 Å². The molecule has 1 rings (SSSR count). The van der Waals surface area contributed by atoms with E-state index in [2.05, 4.69) is 10.6 Å². The molecule has 0 amide bonds. The third-order valence-corrected chi connectivity index (χ3v) is 2.66. The SMILES string of the molecule is CCOC(=O)CCCCc1cccn1CCN. The number of unbranched alkanes of at least 4 members (excludes halogenated alkanes) is 1. The summed E-state index contributed by atoms with van der Waals surface area (Å²) in [5.74, 6) is -0.0927. The Labute approximate surface area is 103 Å². The van der Waals surface area contributed by atoms with Crippen LogP contribution in [0.15, 0.2) is 18.3 Å². The molecule has 0 aromatic carbocycles. The van der Waals surface area contributed by atoms with Crippen molar-refractivity contribution in [3.63, 3.8) is 0 Å². The van der Waals surface area contributed by atoms with Crippen LogP contribution in [0.5, 0.6) is 0 Å². The fourth-order valence-corrected chi connectivity index (χ4v) is 1.84. The van der Waals surface area contributed by atoms with Gasteiger partial charge in [-0.15, -0.1) is 0 Å². The van der Waals surface area contributed by atoms with Crippen molar-refractivity contribution in [3.8, 4) is 0 Å². The molecule has 0 bridgehead atoms. The number of nitrogens with zero attached hydrogens (tertiary/aromatic N) is 1. The molecule has 0 saturated heterocycles. The molecule has 1 heterocycles. The average molecular weight is 238 g/mol. The van der Waals surface area contributed by atoms with Crippen molar-refractivity contribution in [2.24, 2.45) is 5.73 Å². The van der Waals surface area contributed by atoms with Crippen molar-refractivity contribution >= 4 is 5.97 Å². The van der Waals surface area contributed by atoms with Gasteiger partial charge in [0, 0.05) is 31.4 Å².